The molecular formula is C12H16N6O2S. The van der Waals surface area contributed by atoms with E-state index in [2.05, 4.69) is 31.0 Å². The minimum absolute atomic E-state index is 0.0508. The fraction of sp³-hybridized carbons (Fsp3) is 0.333. The Balaban J connectivity index is 1.77. The fourth-order valence-electron chi connectivity index (χ4n) is 1.38. The first-order valence-corrected chi connectivity index (χ1v) is 7.29. The molecule has 0 atom stereocenters. The Morgan fingerprint density at radius 1 is 1.62 bits per heavy atom. The highest BCUT2D eigenvalue weighted by molar-refractivity contribution is 7.99. The second kappa shape index (κ2) is 7.48. The maximum atomic E-state index is 11.5. The van der Waals surface area contributed by atoms with E-state index >= 15 is 0 Å². The van der Waals surface area contributed by atoms with E-state index in [-0.39, 0.29) is 17.7 Å². The van der Waals surface area contributed by atoms with E-state index in [1.54, 1.807) is 18.4 Å². The molecule has 0 aliphatic rings. The highest BCUT2D eigenvalue weighted by atomic mass is 32.2. The van der Waals surface area contributed by atoms with Crippen molar-refractivity contribution >= 4 is 29.8 Å². The molecule has 2 rings (SSSR count). The van der Waals surface area contributed by atoms with Crippen LogP contribution in [0.25, 0.3) is 0 Å². The first-order chi connectivity index (χ1) is 10.1. The van der Waals surface area contributed by atoms with E-state index in [1.807, 2.05) is 13.8 Å². The van der Waals surface area contributed by atoms with Crippen LogP contribution in [0.5, 0.6) is 0 Å². The summed E-state index contributed by atoms with van der Waals surface area (Å²) < 4.78 is 5.09. The summed E-state index contributed by atoms with van der Waals surface area (Å²) in [6.45, 7) is 3.82. The first-order valence-electron chi connectivity index (χ1n) is 6.30. The molecule has 21 heavy (non-hydrogen) atoms. The molecule has 0 saturated heterocycles. The lowest BCUT2D eigenvalue weighted by molar-refractivity contribution is -0.119. The molecule has 1 amide bonds. The van der Waals surface area contributed by atoms with Crippen molar-refractivity contribution in [3.63, 3.8) is 0 Å². The summed E-state index contributed by atoms with van der Waals surface area (Å²) in [7, 11) is 0. The minimum Gasteiger partial charge on any atom is -0.463 e. The van der Waals surface area contributed by atoms with Crippen LogP contribution >= 0.6 is 11.8 Å². The number of furan rings is 1. The van der Waals surface area contributed by atoms with Crippen molar-refractivity contribution in [2.24, 2.45) is 5.10 Å². The maximum absolute atomic E-state index is 11.5. The molecule has 112 valence electrons. The highest BCUT2D eigenvalue weighted by Crippen LogP contribution is 2.13. The normalized spacial score (nSPS) is 11.2. The van der Waals surface area contributed by atoms with E-state index in [0.29, 0.717) is 16.9 Å². The van der Waals surface area contributed by atoms with Crippen LogP contribution in [0, 0.1) is 0 Å². The van der Waals surface area contributed by atoms with Gasteiger partial charge in [-0.05, 0) is 26.0 Å². The molecular weight excluding hydrogens is 292 g/mol. The van der Waals surface area contributed by atoms with Crippen LogP contribution in [0.2, 0.25) is 0 Å². The molecule has 0 aliphatic heterocycles. The molecule has 2 aromatic rings. The van der Waals surface area contributed by atoms with Crippen LogP contribution in [0.1, 0.15) is 19.6 Å². The Bertz CT molecular complexity index is 593. The number of nitrogens with zero attached hydrogens (tertiary/aromatic N) is 3. The SMILES string of the molecule is CC(C)NC(=O)CSc1n[nH]c(N/N=C\c2ccco2)n1. The number of aromatic nitrogens is 3. The second-order valence-corrected chi connectivity index (χ2v) is 5.31. The van der Waals surface area contributed by atoms with Crippen LogP contribution in [0.15, 0.2) is 33.1 Å². The summed E-state index contributed by atoms with van der Waals surface area (Å²) in [5, 5.41) is 13.9. The number of thioether (sulfide) groups is 1. The van der Waals surface area contributed by atoms with Gasteiger partial charge in [0.1, 0.15) is 5.76 Å². The van der Waals surface area contributed by atoms with Gasteiger partial charge in [-0.1, -0.05) is 11.8 Å². The molecule has 0 radical (unpaired) electrons. The third-order valence-electron chi connectivity index (χ3n) is 2.15. The molecule has 2 aromatic heterocycles. The zero-order valence-electron chi connectivity index (χ0n) is 11.7. The molecule has 0 aliphatic carbocycles. The quantitative estimate of drug-likeness (QED) is 0.406. The standard InChI is InChI=1S/C12H16N6O2S/c1-8(2)14-10(19)7-21-12-15-11(17-18-12)16-13-6-9-4-3-5-20-9/h3-6,8H,7H2,1-2H3,(H,14,19)(H2,15,16,17,18)/b13-6-. The molecule has 2 heterocycles. The summed E-state index contributed by atoms with van der Waals surface area (Å²) >= 11 is 1.25. The number of H-pyrrole nitrogens is 1. The van der Waals surface area contributed by atoms with E-state index in [0.717, 1.165) is 0 Å². The third-order valence-corrected chi connectivity index (χ3v) is 3.00. The highest BCUT2D eigenvalue weighted by Gasteiger charge is 2.08. The second-order valence-electron chi connectivity index (χ2n) is 4.36. The third kappa shape index (κ3) is 5.30. The topological polar surface area (TPSA) is 108 Å². The number of carbonyl (C=O) groups is 1. The maximum Gasteiger partial charge on any atom is 0.240 e. The molecule has 0 unspecified atom stereocenters. The van der Waals surface area contributed by atoms with Crippen molar-refractivity contribution in [2.45, 2.75) is 25.0 Å². The average molecular weight is 308 g/mol. The summed E-state index contributed by atoms with van der Waals surface area (Å²) in [5.74, 6) is 1.24. The van der Waals surface area contributed by atoms with E-state index in [1.165, 1.54) is 18.0 Å². The van der Waals surface area contributed by atoms with Crippen LogP contribution in [0.4, 0.5) is 5.95 Å². The Kier molecular flexibility index (Phi) is 5.38. The van der Waals surface area contributed by atoms with Crippen LogP contribution < -0.4 is 10.7 Å². The number of nitrogens with one attached hydrogen (secondary N) is 3. The number of carbonyl (C=O) groups excluding carboxylic acids is 1. The number of hydrazone groups is 1. The van der Waals surface area contributed by atoms with Gasteiger partial charge in [-0.25, -0.2) is 10.5 Å². The van der Waals surface area contributed by atoms with E-state index in [9.17, 15) is 4.79 Å². The molecule has 8 nitrogen and oxygen atoms in total. The Morgan fingerprint density at radius 2 is 2.48 bits per heavy atom. The number of aromatic amines is 1. The Labute approximate surface area is 125 Å². The summed E-state index contributed by atoms with van der Waals surface area (Å²) in [6, 6.07) is 3.67. The lowest BCUT2D eigenvalue weighted by Gasteiger charge is -2.06. The van der Waals surface area contributed by atoms with Crippen LogP contribution in [0.3, 0.4) is 0 Å². The van der Waals surface area contributed by atoms with Crippen molar-refractivity contribution < 1.29 is 9.21 Å². The number of rotatable bonds is 7. The molecule has 0 fully saturated rings. The monoisotopic (exact) mass is 308 g/mol. The number of hydrogen-bond acceptors (Lipinski definition) is 7. The van der Waals surface area contributed by atoms with Gasteiger partial charge in [-0.15, -0.1) is 5.10 Å². The van der Waals surface area contributed by atoms with Gasteiger partial charge in [-0.3, -0.25) is 4.79 Å². The predicted molar refractivity (Wildman–Crippen MR) is 80.3 cm³/mol. The molecule has 3 N–H and O–H groups in total. The zero-order chi connectivity index (χ0) is 15.1. The van der Waals surface area contributed by atoms with Crippen molar-refractivity contribution in [1.82, 2.24) is 20.5 Å². The van der Waals surface area contributed by atoms with Crippen molar-refractivity contribution in [3.8, 4) is 0 Å². The van der Waals surface area contributed by atoms with Gasteiger partial charge in [0, 0.05) is 6.04 Å². The Hall–Kier alpha value is -2.29. The zero-order valence-corrected chi connectivity index (χ0v) is 12.5. The van der Waals surface area contributed by atoms with Crippen LogP contribution in [-0.4, -0.2) is 39.1 Å². The van der Waals surface area contributed by atoms with E-state index in [4.69, 9.17) is 4.42 Å². The van der Waals surface area contributed by atoms with Gasteiger partial charge in [0.05, 0.1) is 18.2 Å². The molecule has 0 spiro atoms. The van der Waals surface area contributed by atoms with Crippen LogP contribution in [-0.2, 0) is 4.79 Å². The number of anilines is 1. The van der Waals surface area contributed by atoms with Gasteiger partial charge in [0.2, 0.25) is 17.0 Å². The van der Waals surface area contributed by atoms with Gasteiger partial charge in [0.25, 0.3) is 0 Å². The number of amides is 1. The molecule has 9 heteroatoms. The molecule has 0 saturated carbocycles. The fourth-order valence-corrected chi connectivity index (χ4v) is 1.99. The van der Waals surface area contributed by atoms with Gasteiger partial charge in [0.15, 0.2) is 0 Å². The van der Waals surface area contributed by atoms with Crippen molar-refractivity contribution in [3.05, 3.63) is 24.2 Å². The summed E-state index contributed by atoms with van der Waals surface area (Å²) in [4.78, 5) is 15.6. The lowest BCUT2D eigenvalue weighted by atomic mass is 10.4. The van der Waals surface area contributed by atoms with Crippen molar-refractivity contribution in [1.29, 1.82) is 0 Å². The van der Waals surface area contributed by atoms with Gasteiger partial charge in [-0.2, -0.15) is 10.1 Å². The van der Waals surface area contributed by atoms with Crippen molar-refractivity contribution in [2.75, 3.05) is 11.2 Å². The molecule has 0 aromatic carbocycles. The summed E-state index contributed by atoms with van der Waals surface area (Å²) in [6.07, 6.45) is 3.08. The lowest BCUT2D eigenvalue weighted by Crippen LogP contribution is -2.31. The van der Waals surface area contributed by atoms with E-state index < -0.39 is 0 Å². The first kappa shape index (κ1) is 15.1. The molecule has 0 bridgehead atoms. The smallest absolute Gasteiger partial charge is 0.240 e. The van der Waals surface area contributed by atoms with Gasteiger partial charge >= 0.3 is 0 Å². The number of hydrogen-bond donors (Lipinski definition) is 3. The Morgan fingerprint density at radius 3 is 3.19 bits per heavy atom. The average Bonchev–Trinajstić information content (AvgIpc) is 3.07. The minimum atomic E-state index is -0.0508. The summed E-state index contributed by atoms with van der Waals surface area (Å²) in [5.41, 5.74) is 2.69. The predicted octanol–water partition coefficient (Wildman–Crippen LogP) is 1.46. The largest absolute Gasteiger partial charge is 0.463 e. The van der Waals surface area contributed by atoms with Gasteiger partial charge < -0.3 is 9.73 Å².